The normalized spacial score (nSPS) is 42.5. The molecule has 0 aromatic rings. The lowest BCUT2D eigenvalue weighted by Crippen LogP contribution is -2.46. The maximum atomic E-state index is 12.2. The number of rotatable bonds is 7. The first-order chi connectivity index (χ1) is 14.5. The molecule has 4 rings (SSSR count). The van der Waals surface area contributed by atoms with Crippen LogP contribution in [0.2, 0.25) is 0 Å². The Labute approximate surface area is 183 Å². The van der Waals surface area contributed by atoms with Crippen LogP contribution in [-0.2, 0) is 14.3 Å². The van der Waals surface area contributed by atoms with E-state index in [9.17, 15) is 9.90 Å². The van der Waals surface area contributed by atoms with Crippen LogP contribution in [0.15, 0.2) is 0 Å². The highest BCUT2D eigenvalue weighted by Crippen LogP contribution is 2.60. The van der Waals surface area contributed by atoms with Crippen molar-refractivity contribution in [1.29, 1.82) is 0 Å². The van der Waals surface area contributed by atoms with Gasteiger partial charge in [0.15, 0.2) is 6.29 Å². The molecule has 4 heteroatoms. The molecule has 0 radical (unpaired) electrons. The summed E-state index contributed by atoms with van der Waals surface area (Å²) < 4.78 is 10.7. The third-order valence-electron chi connectivity index (χ3n) is 9.53. The van der Waals surface area contributed by atoms with Gasteiger partial charge in [0, 0.05) is 13.0 Å². The van der Waals surface area contributed by atoms with E-state index in [1.807, 2.05) is 6.92 Å². The molecule has 4 fully saturated rings. The van der Waals surface area contributed by atoms with Crippen molar-refractivity contribution in [3.63, 3.8) is 0 Å². The van der Waals surface area contributed by atoms with Gasteiger partial charge in [0.2, 0.25) is 0 Å². The number of hydrogen-bond acceptors (Lipinski definition) is 4. The van der Waals surface area contributed by atoms with Crippen molar-refractivity contribution in [2.45, 2.75) is 104 Å². The van der Waals surface area contributed by atoms with Gasteiger partial charge in [0.1, 0.15) is 0 Å². The summed E-state index contributed by atoms with van der Waals surface area (Å²) >= 11 is 0. The van der Waals surface area contributed by atoms with Gasteiger partial charge in [0.05, 0.1) is 6.10 Å². The largest absolute Gasteiger partial charge is 0.436 e. The average molecular weight is 421 g/mol. The second kappa shape index (κ2) is 9.90. The standard InChI is InChI=1S/C26H44O4/c1-4-29-17(3)30-26(28)14-5-16(2)20-10-11-25-22(20)12-13-23-21-9-7-19(27)15-18(21)6-8-24(23)25/h16-25,27H,4-15H2,1-3H3. The zero-order chi connectivity index (χ0) is 21.3. The van der Waals surface area contributed by atoms with E-state index in [-0.39, 0.29) is 12.1 Å². The van der Waals surface area contributed by atoms with Gasteiger partial charge >= 0.3 is 5.97 Å². The van der Waals surface area contributed by atoms with Gasteiger partial charge in [-0.05, 0) is 125 Å². The Morgan fingerprint density at radius 3 is 2.33 bits per heavy atom. The van der Waals surface area contributed by atoms with Crippen molar-refractivity contribution in [3.8, 4) is 0 Å². The fourth-order valence-electron chi connectivity index (χ4n) is 8.31. The monoisotopic (exact) mass is 420 g/mol. The number of aliphatic hydroxyl groups excluding tert-OH is 1. The van der Waals surface area contributed by atoms with E-state index < -0.39 is 6.29 Å². The number of hydrogen-bond donors (Lipinski definition) is 1. The van der Waals surface area contributed by atoms with Crippen molar-refractivity contribution in [3.05, 3.63) is 0 Å². The quantitative estimate of drug-likeness (QED) is 0.432. The first-order valence-corrected chi connectivity index (χ1v) is 13.0. The lowest BCUT2D eigenvalue weighted by molar-refractivity contribution is -0.174. The number of fused-ring (bicyclic) bond motifs is 5. The molecule has 4 aliphatic carbocycles. The number of aliphatic hydroxyl groups is 1. The Morgan fingerprint density at radius 1 is 0.900 bits per heavy atom. The molecule has 30 heavy (non-hydrogen) atoms. The van der Waals surface area contributed by atoms with Crippen LogP contribution >= 0.6 is 0 Å². The summed E-state index contributed by atoms with van der Waals surface area (Å²) in [5, 5.41) is 10.1. The lowest BCUT2D eigenvalue weighted by Gasteiger charge is -2.53. The highest BCUT2D eigenvalue weighted by Gasteiger charge is 2.52. The zero-order valence-corrected chi connectivity index (χ0v) is 19.4. The van der Waals surface area contributed by atoms with Gasteiger partial charge in [-0.3, -0.25) is 4.79 Å². The van der Waals surface area contributed by atoms with E-state index in [4.69, 9.17) is 9.47 Å². The molecule has 4 aliphatic rings. The first-order valence-electron chi connectivity index (χ1n) is 13.0. The zero-order valence-electron chi connectivity index (χ0n) is 19.4. The molecule has 0 saturated heterocycles. The summed E-state index contributed by atoms with van der Waals surface area (Å²) in [5.41, 5.74) is 0. The molecule has 0 bridgehead atoms. The summed E-state index contributed by atoms with van der Waals surface area (Å²) in [4.78, 5) is 12.2. The Hall–Kier alpha value is -0.610. The number of ether oxygens (including phenoxy) is 2. The summed E-state index contributed by atoms with van der Waals surface area (Å²) in [5.74, 6) is 6.65. The smallest absolute Gasteiger partial charge is 0.308 e. The van der Waals surface area contributed by atoms with Crippen LogP contribution in [0, 0.1) is 47.3 Å². The van der Waals surface area contributed by atoms with Gasteiger partial charge in [-0.2, -0.15) is 0 Å². The van der Waals surface area contributed by atoms with E-state index in [2.05, 4.69) is 6.92 Å². The third kappa shape index (κ3) is 4.75. The molecule has 10 unspecified atom stereocenters. The van der Waals surface area contributed by atoms with Gasteiger partial charge in [0.25, 0.3) is 0 Å². The van der Waals surface area contributed by atoms with Crippen molar-refractivity contribution >= 4 is 5.97 Å². The molecule has 0 aromatic carbocycles. The number of esters is 1. The van der Waals surface area contributed by atoms with E-state index in [0.717, 1.165) is 60.7 Å². The second-order valence-electron chi connectivity index (χ2n) is 11.0. The first kappa shape index (κ1) is 22.6. The Morgan fingerprint density at radius 2 is 1.53 bits per heavy atom. The van der Waals surface area contributed by atoms with Crippen LogP contribution in [0.4, 0.5) is 0 Å². The maximum Gasteiger partial charge on any atom is 0.308 e. The van der Waals surface area contributed by atoms with E-state index in [1.54, 1.807) is 6.92 Å². The van der Waals surface area contributed by atoms with Crippen molar-refractivity contribution < 1.29 is 19.4 Å². The van der Waals surface area contributed by atoms with Crippen LogP contribution in [0.3, 0.4) is 0 Å². The topological polar surface area (TPSA) is 55.8 Å². The second-order valence-corrected chi connectivity index (χ2v) is 11.0. The summed E-state index contributed by atoms with van der Waals surface area (Å²) in [6.07, 6.45) is 12.7. The molecular formula is C26H44O4. The lowest BCUT2D eigenvalue weighted by atomic mass is 9.53. The van der Waals surface area contributed by atoms with Crippen molar-refractivity contribution in [1.82, 2.24) is 0 Å². The molecule has 0 heterocycles. The molecule has 1 N–H and O–H groups in total. The molecular weight excluding hydrogens is 376 g/mol. The Kier molecular flexibility index (Phi) is 7.45. The molecule has 172 valence electrons. The number of carbonyl (C=O) groups is 1. The van der Waals surface area contributed by atoms with Gasteiger partial charge in [-0.25, -0.2) is 0 Å². The van der Waals surface area contributed by atoms with Crippen LogP contribution in [0.1, 0.15) is 91.4 Å². The highest BCUT2D eigenvalue weighted by molar-refractivity contribution is 5.69. The number of carbonyl (C=O) groups excluding carboxylic acids is 1. The summed E-state index contributed by atoms with van der Waals surface area (Å²) in [7, 11) is 0. The van der Waals surface area contributed by atoms with Gasteiger partial charge < -0.3 is 14.6 Å². The molecule has 4 saturated carbocycles. The molecule has 10 atom stereocenters. The fraction of sp³-hybridized carbons (Fsp3) is 0.962. The summed E-state index contributed by atoms with van der Waals surface area (Å²) in [6, 6.07) is 0. The van der Waals surface area contributed by atoms with Crippen LogP contribution in [0.5, 0.6) is 0 Å². The average Bonchev–Trinajstić information content (AvgIpc) is 3.16. The van der Waals surface area contributed by atoms with Gasteiger partial charge in [-0.1, -0.05) is 6.92 Å². The van der Waals surface area contributed by atoms with E-state index >= 15 is 0 Å². The summed E-state index contributed by atoms with van der Waals surface area (Å²) in [6.45, 7) is 6.66. The fourth-order valence-corrected chi connectivity index (χ4v) is 8.31. The molecule has 0 amide bonds. The molecule has 0 aliphatic heterocycles. The van der Waals surface area contributed by atoms with Crippen LogP contribution < -0.4 is 0 Å². The SMILES string of the molecule is CCOC(C)OC(=O)CCC(C)C1CCC2C1CCC1C3CCC(O)CC3CCC12. The third-order valence-corrected chi connectivity index (χ3v) is 9.53. The minimum Gasteiger partial charge on any atom is -0.436 e. The highest BCUT2D eigenvalue weighted by atomic mass is 16.7. The van der Waals surface area contributed by atoms with Crippen LogP contribution in [0.25, 0.3) is 0 Å². The molecule has 4 nitrogen and oxygen atoms in total. The Balaban J connectivity index is 1.29. The minimum absolute atomic E-state index is 0.0286. The van der Waals surface area contributed by atoms with Gasteiger partial charge in [-0.15, -0.1) is 0 Å². The maximum absolute atomic E-state index is 12.2. The molecule has 0 aromatic heterocycles. The van der Waals surface area contributed by atoms with Crippen LogP contribution in [-0.4, -0.2) is 30.1 Å². The predicted octanol–water partition coefficient (Wildman–Crippen LogP) is 5.57. The van der Waals surface area contributed by atoms with E-state index in [1.165, 1.54) is 44.9 Å². The predicted molar refractivity (Wildman–Crippen MR) is 118 cm³/mol. The Bertz CT molecular complexity index is 577. The molecule has 0 spiro atoms. The van der Waals surface area contributed by atoms with Crippen molar-refractivity contribution in [2.75, 3.05) is 6.61 Å². The van der Waals surface area contributed by atoms with E-state index in [0.29, 0.717) is 18.9 Å². The minimum atomic E-state index is -0.431. The van der Waals surface area contributed by atoms with Crippen molar-refractivity contribution in [2.24, 2.45) is 47.3 Å².